The molecule has 1 N–H and O–H groups in total. The largest absolute Gasteiger partial charge is 0.493 e. The van der Waals surface area contributed by atoms with Gasteiger partial charge < -0.3 is 14.8 Å². The Morgan fingerprint density at radius 1 is 1.10 bits per heavy atom. The number of ether oxygens (including phenoxy) is 2. The van der Waals surface area contributed by atoms with Crippen LogP contribution in [0.25, 0.3) is 0 Å². The van der Waals surface area contributed by atoms with Crippen molar-refractivity contribution in [3.63, 3.8) is 0 Å². The number of pyridine rings is 1. The first-order valence-corrected chi connectivity index (χ1v) is 7.02. The molecule has 1 aromatic carbocycles. The van der Waals surface area contributed by atoms with Gasteiger partial charge in [0.05, 0.1) is 30.6 Å². The third kappa shape index (κ3) is 3.39. The van der Waals surface area contributed by atoms with E-state index in [-0.39, 0.29) is 0 Å². The Labute approximate surface area is 130 Å². The summed E-state index contributed by atoms with van der Waals surface area (Å²) in [6.45, 7) is 4.54. The molecular weight excluding hydrogens is 288 g/mol. The summed E-state index contributed by atoms with van der Waals surface area (Å²) < 4.78 is 10.5. The van der Waals surface area contributed by atoms with E-state index < -0.39 is 0 Å². The molecule has 0 radical (unpaired) electrons. The van der Waals surface area contributed by atoms with Crippen LogP contribution in [0.1, 0.15) is 17.0 Å². The topological polar surface area (TPSA) is 43.4 Å². The van der Waals surface area contributed by atoms with Gasteiger partial charge in [0.15, 0.2) is 11.5 Å². The fourth-order valence-corrected chi connectivity index (χ4v) is 2.43. The zero-order valence-corrected chi connectivity index (χ0v) is 13.4. The molecule has 0 aliphatic carbocycles. The van der Waals surface area contributed by atoms with E-state index in [1.807, 2.05) is 38.1 Å². The van der Waals surface area contributed by atoms with Crippen LogP contribution in [0.5, 0.6) is 11.5 Å². The highest BCUT2D eigenvalue weighted by Crippen LogP contribution is 2.37. The molecule has 0 saturated carbocycles. The summed E-state index contributed by atoms with van der Waals surface area (Å²) in [5.74, 6) is 1.18. The molecule has 5 heteroatoms. The average molecular weight is 307 g/mol. The quantitative estimate of drug-likeness (QED) is 0.907. The summed E-state index contributed by atoms with van der Waals surface area (Å²) in [6, 6.07) is 7.77. The van der Waals surface area contributed by atoms with Crippen LogP contribution in [0.2, 0.25) is 5.02 Å². The van der Waals surface area contributed by atoms with E-state index in [9.17, 15) is 0 Å². The zero-order valence-electron chi connectivity index (χ0n) is 12.7. The van der Waals surface area contributed by atoms with Crippen molar-refractivity contribution in [3.8, 4) is 11.5 Å². The average Bonchev–Trinajstić information content (AvgIpc) is 2.47. The van der Waals surface area contributed by atoms with Crippen LogP contribution in [-0.4, -0.2) is 19.2 Å². The number of nitrogens with one attached hydrogen (secondary N) is 1. The van der Waals surface area contributed by atoms with Gasteiger partial charge in [-0.15, -0.1) is 0 Å². The molecule has 0 aliphatic rings. The number of hydrogen-bond donors (Lipinski definition) is 1. The van der Waals surface area contributed by atoms with Gasteiger partial charge in [0.1, 0.15) is 0 Å². The molecule has 2 aromatic rings. The van der Waals surface area contributed by atoms with E-state index >= 15 is 0 Å². The summed E-state index contributed by atoms with van der Waals surface area (Å²) in [4.78, 5) is 4.43. The van der Waals surface area contributed by atoms with Crippen LogP contribution in [0.4, 0.5) is 5.69 Å². The minimum absolute atomic E-state index is 0.553. The molecule has 21 heavy (non-hydrogen) atoms. The van der Waals surface area contributed by atoms with Gasteiger partial charge in [0, 0.05) is 12.2 Å². The van der Waals surface area contributed by atoms with Crippen LogP contribution in [0.15, 0.2) is 24.3 Å². The third-order valence-corrected chi connectivity index (χ3v) is 3.67. The number of aryl methyl sites for hydroxylation is 2. The monoisotopic (exact) mass is 306 g/mol. The molecular formula is C16H19ClN2O2. The molecule has 2 rings (SSSR count). The molecule has 112 valence electrons. The van der Waals surface area contributed by atoms with Crippen molar-refractivity contribution in [1.82, 2.24) is 4.98 Å². The van der Waals surface area contributed by atoms with Crippen LogP contribution in [-0.2, 0) is 6.54 Å². The molecule has 4 nitrogen and oxygen atoms in total. The highest BCUT2D eigenvalue weighted by atomic mass is 35.5. The number of halogens is 1. The van der Waals surface area contributed by atoms with E-state index in [1.165, 1.54) is 0 Å². The normalized spacial score (nSPS) is 10.3. The Balaban J connectivity index is 2.20. The van der Waals surface area contributed by atoms with E-state index in [1.54, 1.807) is 14.2 Å². The Morgan fingerprint density at radius 2 is 1.86 bits per heavy atom. The first-order valence-electron chi connectivity index (χ1n) is 6.64. The lowest BCUT2D eigenvalue weighted by Crippen LogP contribution is -2.04. The number of nitrogens with zero attached hydrogens (tertiary/aromatic N) is 1. The van der Waals surface area contributed by atoms with Crippen molar-refractivity contribution in [2.24, 2.45) is 0 Å². The first kappa shape index (κ1) is 15.4. The van der Waals surface area contributed by atoms with Gasteiger partial charge in [-0.2, -0.15) is 0 Å². The molecule has 0 amide bonds. The smallest absolute Gasteiger partial charge is 0.179 e. The summed E-state index contributed by atoms with van der Waals surface area (Å²) in [5.41, 5.74) is 3.90. The first-order chi connectivity index (χ1) is 10.1. The third-order valence-electron chi connectivity index (χ3n) is 3.26. The lowest BCUT2D eigenvalue weighted by molar-refractivity contribution is 0.355. The SMILES string of the molecule is COc1ccc(CNc2ccc(C)nc2C)c(Cl)c1OC. The fourth-order valence-electron chi connectivity index (χ4n) is 2.13. The van der Waals surface area contributed by atoms with Crippen molar-refractivity contribution < 1.29 is 9.47 Å². The molecule has 0 fully saturated rings. The van der Waals surface area contributed by atoms with Crippen molar-refractivity contribution in [3.05, 3.63) is 46.2 Å². The van der Waals surface area contributed by atoms with Gasteiger partial charge in [-0.3, -0.25) is 4.98 Å². The van der Waals surface area contributed by atoms with Gasteiger partial charge in [-0.1, -0.05) is 17.7 Å². The van der Waals surface area contributed by atoms with Crippen LogP contribution in [0.3, 0.4) is 0 Å². The molecule has 0 aliphatic heterocycles. The second-order valence-corrected chi connectivity index (χ2v) is 5.09. The zero-order chi connectivity index (χ0) is 15.4. The second-order valence-electron chi connectivity index (χ2n) is 4.71. The standard InChI is InChI=1S/C16H19ClN2O2/c1-10-5-7-13(11(2)19-10)18-9-12-6-8-14(20-3)16(21-4)15(12)17/h5-8,18H,9H2,1-4H3. The molecule has 1 heterocycles. The minimum atomic E-state index is 0.553. The van der Waals surface area contributed by atoms with Crippen LogP contribution < -0.4 is 14.8 Å². The van der Waals surface area contributed by atoms with Gasteiger partial charge in [-0.25, -0.2) is 0 Å². The fraction of sp³-hybridized carbons (Fsp3) is 0.312. The number of benzene rings is 1. The number of anilines is 1. The summed E-state index contributed by atoms with van der Waals surface area (Å²) in [6.07, 6.45) is 0. The van der Waals surface area contributed by atoms with Crippen molar-refractivity contribution >= 4 is 17.3 Å². The van der Waals surface area contributed by atoms with E-state index in [4.69, 9.17) is 21.1 Å². The maximum atomic E-state index is 6.36. The lowest BCUT2D eigenvalue weighted by atomic mass is 10.2. The summed E-state index contributed by atoms with van der Waals surface area (Å²) >= 11 is 6.36. The van der Waals surface area contributed by atoms with Crippen LogP contribution in [0, 0.1) is 13.8 Å². The number of aromatic nitrogens is 1. The van der Waals surface area contributed by atoms with Gasteiger partial charge in [0.2, 0.25) is 0 Å². The van der Waals surface area contributed by atoms with Crippen molar-refractivity contribution in [1.29, 1.82) is 0 Å². The van der Waals surface area contributed by atoms with Crippen molar-refractivity contribution in [2.45, 2.75) is 20.4 Å². The highest BCUT2D eigenvalue weighted by molar-refractivity contribution is 6.33. The Kier molecular flexibility index (Phi) is 4.91. The molecule has 0 spiro atoms. The molecule has 0 saturated heterocycles. The maximum Gasteiger partial charge on any atom is 0.179 e. The predicted molar refractivity (Wildman–Crippen MR) is 85.6 cm³/mol. The number of hydrogen-bond acceptors (Lipinski definition) is 4. The minimum Gasteiger partial charge on any atom is -0.493 e. The van der Waals surface area contributed by atoms with Gasteiger partial charge in [0.25, 0.3) is 0 Å². The summed E-state index contributed by atoms with van der Waals surface area (Å²) in [5, 5.41) is 3.90. The Hall–Kier alpha value is -1.94. The second kappa shape index (κ2) is 6.68. The Morgan fingerprint density at radius 3 is 2.48 bits per heavy atom. The number of rotatable bonds is 5. The molecule has 0 unspecified atom stereocenters. The maximum absolute atomic E-state index is 6.36. The van der Waals surface area contributed by atoms with Gasteiger partial charge in [-0.05, 0) is 37.6 Å². The lowest BCUT2D eigenvalue weighted by Gasteiger charge is -2.14. The molecule has 0 atom stereocenters. The van der Waals surface area contributed by atoms with Crippen molar-refractivity contribution in [2.75, 3.05) is 19.5 Å². The van der Waals surface area contributed by atoms with E-state index in [0.29, 0.717) is 23.1 Å². The highest BCUT2D eigenvalue weighted by Gasteiger charge is 2.13. The molecule has 0 bridgehead atoms. The van der Waals surface area contributed by atoms with Gasteiger partial charge >= 0.3 is 0 Å². The van der Waals surface area contributed by atoms with E-state index in [2.05, 4.69) is 10.3 Å². The van der Waals surface area contributed by atoms with E-state index in [0.717, 1.165) is 22.6 Å². The summed E-state index contributed by atoms with van der Waals surface area (Å²) in [7, 11) is 3.17. The van der Waals surface area contributed by atoms with Crippen LogP contribution >= 0.6 is 11.6 Å². The number of methoxy groups -OCH3 is 2. The Bertz CT molecular complexity index is 644. The molecule has 1 aromatic heterocycles. The predicted octanol–water partition coefficient (Wildman–Crippen LogP) is 3.98.